The molecule has 0 saturated carbocycles. The van der Waals surface area contributed by atoms with Crippen LogP contribution < -0.4 is 15.0 Å². The number of hydrogen-bond donors (Lipinski definition) is 4. The first kappa shape index (κ1) is 33.2. The van der Waals surface area contributed by atoms with Crippen LogP contribution in [0.2, 0.25) is 0 Å². The van der Waals surface area contributed by atoms with Gasteiger partial charge in [-0.1, -0.05) is 46.5 Å². The van der Waals surface area contributed by atoms with Crippen molar-refractivity contribution in [3.8, 4) is 5.75 Å². The molecule has 3 rings (SSSR count). The topological polar surface area (TPSA) is 104 Å². The van der Waals surface area contributed by atoms with Crippen molar-refractivity contribution < 1.29 is 29.5 Å². The standard InChI is InChI=1S/C32H49N2O6P/c1-20-12-11-13-27(39-10)32(37)19-30(6,40-22(3)33-32)18-31(7,36)29(4,5)26(35)17-28(41)34(8)24-15-23(14-20)16-25(38-9)21(24)2/h11-13,15-16,26-27,33,35-37,41H,3,14,17-19H2,1-2,4-10H3/b13-11+,20-12+/t26-,27+,30?,31?,32-/m0/s1. The van der Waals surface area contributed by atoms with Crippen LogP contribution in [0.25, 0.3) is 0 Å². The van der Waals surface area contributed by atoms with Gasteiger partial charge < -0.3 is 39.7 Å². The van der Waals surface area contributed by atoms with Crippen LogP contribution >= 0.6 is 8.86 Å². The van der Waals surface area contributed by atoms with Gasteiger partial charge in [-0.25, -0.2) is 0 Å². The number of nitrogens with zero attached hydrogens (tertiary/aromatic N) is 1. The van der Waals surface area contributed by atoms with E-state index < -0.39 is 34.6 Å². The first-order chi connectivity index (χ1) is 18.9. The summed E-state index contributed by atoms with van der Waals surface area (Å²) in [5.74, 6) is 0.958. The van der Waals surface area contributed by atoms with E-state index in [1.807, 2.05) is 64.8 Å². The Morgan fingerprint density at radius 1 is 1.12 bits per heavy atom. The molecule has 9 heteroatoms. The van der Waals surface area contributed by atoms with Gasteiger partial charge in [-0.05, 0) is 58.4 Å². The molecule has 0 radical (unpaired) electrons. The Morgan fingerprint density at radius 2 is 1.78 bits per heavy atom. The lowest BCUT2D eigenvalue weighted by atomic mass is 9.65. The minimum absolute atomic E-state index is 0.107. The summed E-state index contributed by atoms with van der Waals surface area (Å²) in [4.78, 5) is 2.00. The minimum atomic E-state index is -1.54. The maximum Gasteiger partial charge on any atom is 0.182 e. The van der Waals surface area contributed by atoms with Gasteiger partial charge in [-0.15, -0.1) is 0 Å². The van der Waals surface area contributed by atoms with Gasteiger partial charge in [0.2, 0.25) is 0 Å². The highest BCUT2D eigenvalue weighted by molar-refractivity contribution is 7.21. The number of methoxy groups -OCH3 is 2. The summed E-state index contributed by atoms with van der Waals surface area (Å²) in [5, 5.41) is 38.2. The number of nitrogens with one attached hydrogen (secondary N) is 1. The number of ether oxygens (including phenoxy) is 3. The molecule has 8 nitrogen and oxygen atoms in total. The molecule has 0 amide bonds. The van der Waals surface area contributed by atoms with E-state index in [1.54, 1.807) is 20.1 Å². The predicted octanol–water partition coefficient (Wildman–Crippen LogP) is 4.63. The van der Waals surface area contributed by atoms with E-state index in [0.29, 0.717) is 6.42 Å². The van der Waals surface area contributed by atoms with Gasteiger partial charge in [-0.2, -0.15) is 0 Å². The lowest BCUT2D eigenvalue weighted by Gasteiger charge is -2.52. The van der Waals surface area contributed by atoms with Crippen LogP contribution in [0.5, 0.6) is 5.75 Å². The average Bonchev–Trinajstić information content (AvgIpc) is 2.84. The van der Waals surface area contributed by atoms with Crippen molar-refractivity contribution >= 4 is 20.0 Å². The molecule has 2 unspecified atom stereocenters. The molecule has 2 heterocycles. The van der Waals surface area contributed by atoms with Crippen LogP contribution in [-0.2, 0) is 15.9 Å². The molecular weight excluding hydrogens is 539 g/mol. The van der Waals surface area contributed by atoms with Crippen molar-refractivity contribution in [2.45, 2.75) is 96.4 Å². The van der Waals surface area contributed by atoms with Gasteiger partial charge in [0, 0.05) is 55.5 Å². The molecule has 2 aliphatic heterocycles. The average molecular weight is 589 g/mol. The van der Waals surface area contributed by atoms with E-state index in [9.17, 15) is 15.3 Å². The number of fused-ring (bicyclic) bond motifs is 4. The molecule has 1 aromatic carbocycles. The molecule has 0 aliphatic carbocycles. The number of benzene rings is 1. The second kappa shape index (κ2) is 12.1. The monoisotopic (exact) mass is 588 g/mol. The van der Waals surface area contributed by atoms with Gasteiger partial charge in [0.15, 0.2) is 11.6 Å². The number of allylic oxidation sites excluding steroid dienone is 3. The van der Waals surface area contributed by atoms with E-state index in [4.69, 9.17) is 14.2 Å². The zero-order chi connectivity index (χ0) is 31.0. The highest BCUT2D eigenvalue weighted by atomic mass is 31.0. The molecular formula is C32H49N2O6P. The van der Waals surface area contributed by atoms with E-state index >= 15 is 0 Å². The largest absolute Gasteiger partial charge is 0.496 e. The van der Waals surface area contributed by atoms with E-state index in [0.717, 1.165) is 33.6 Å². The molecule has 1 aromatic rings. The zero-order valence-electron chi connectivity index (χ0n) is 26.1. The van der Waals surface area contributed by atoms with E-state index in [-0.39, 0.29) is 25.1 Å². The molecule has 5 atom stereocenters. The van der Waals surface area contributed by atoms with Crippen molar-refractivity contribution in [2.75, 3.05) is 26.2 Å². The van der Waals surface area contributed by atoms with Gasteiger partial charge >= 0.3 is 0 Å². The molecule has 4 N–H and O–H groups in total. The Balaban J connectivity index is 2.15. The molecule has 2 aliphatic rings. The third-order valence-electron chi connectivity index (χ3n) is 8.95. The number of rotatable bonds is 2. The lowest BCUT2D eigenvalue weighted by molar-refractivity contribution is -0.208. The molecule has 0 aromatic heterocycles. The molecule has 1 fully saturated rings. The lowest BCUT2D eigenvalue weighted by Crippen LogP contribution is -2.64. The summed E-state index contributed by atoms with van der Waals surface area (Å²) in [6, 6.07) is 4.16. The maximum atomic E-state index is 11.9. The summed E-state index contributed by atoms with van der Waals surface area (Å²) in [6.07, 6.45) is 5.19. The van der Waals surface area contributed by atoms with Gasteiger partial charge in [0.1, 0.15) is 17.5 Å². The van der Waals surface area contributed by atoms with Crippen molar-refractivity contribution in [3.63, 3.8) is 0 Å². The number of anilines is 1. The maximum absolute atomic E-state index is 11.9. The van der Waals surface area contributed by atoms with Gasteiger partial charge in [0.05, 0.1) is 18.8 Å². The third kappa shape index (κ3) is 7.00. The fourth-order valence-corrected chi connectivity index (χ4v) is 6.36. The second-order valence-corrected chi connectivity index (χ2v) is 13.3. The summed E-state index contributed by atoms with van der Waals surface area (Å²) >= 11 is 0. The van der Waals surface area contributed by atoms with Crippen LogP contribution in [0, 0.1) is 12.3 Å². The quantitative estimate of drug-likeness (QED) is 0.371. The van der Waals surface area contributed by atoms with Crippen LogP contribution in [0.3, 0.4) is 0 Å². The second-order valence-electron chi connectivity index (χ2n) is 12.8. The Morgan fingerprint density at radius 3 is 2.39 bits per heavy atom. The predicted molar refractivity (Wildman–Crippen MR) is 168 cm³/mol. The van der Waals surface area contributed by atoms with E-state index in [2.05, 4.69) is 26.8 Å². The summed E-state index contributed by atoms with van der Waals surface area (Å²) in [6.45, 7) is 15.2. The van der Waals surface area contributed by atoms with Crippen molar-refractivity contribution in [2.24, 2.45) is 5.41 Å². The molecule has 4 bridgehead atoms. The molecule has 0 spiro atoms. The Labute approximate surface area is 247 Å². The fraction of sp³-hybridized carbons (Fsp3) is 0.594. The Kier molecular flexibility index (Phi) is 9.78. The first-order valence-corrected chi connectivity index (χ1v) is 14.5. The Hall–Kier alpha value is -2.35. The van der Waals surface area contributed by atoms with Crippen LogP contribution in [-0.4, -0.2) is 71.1 Å². The smallest absolute Gasteiger partial charge is 0.182 e. The normalized spacial score (nSPS) is 35.1. The van der Waals surface area contributed by atoms with Crippen molar-refractivity contribution in [1.82, 2.24) is 5.32 Å². The Bertz CT molecular complexity index is 1220. The van der Waals surface area contributed by atoms with Crippen LogP contribution in [0.1, 0.15) is 65.0 Å². The number of hydrogen-bond acceptors (Lipinski definition) is 7. The molecule has 41 heavy (non-hydrogen) atoms. The minimum Gasteiger partial charge on any atom is -0.496 e. The van der Waals surface area contributed by atoms with Crippen molar-refractivity contribution in [3.05, 3.63) is 59.5 Å². The van der Waals surface area contributed by atoms with E-state index in [1.165, 1.54) is 7.11 Å². The number of aliphatic hydroxyl groups is 3. The van der Waals surface area contributed by atoms with Gasteiger partial charge in [0.25, 0.3) is 0 Å². The zero-order valence-corrected chi connectivity index (χ0v) is 27.1. The summed E-state index contributed by atoms with van der Waals surface area (Å²) < 4.78 is 17.5. The SMILES string of the molecule is C=C1N[C@]2(O)CC(C)(CC(C)(O)C(C)(C)[C@@H](O)CC(=P)N(C)c3cc(cc(OC)c3C)C/C(C)=C/C=C/[C@H]2OC)O1. The number of aliphatic hydroxyl groups excluding tert-OH is 1. The highest BCUT2D eigenvalue weighted by Crippen LogP contribution is 2.46. The fourth-order valence-electron chi connectivity index (χ4n) is 6.05. The summed E-state index contributed by atoms with van der Waals surface area (Å²) in [5.41, 5.74) is -0.0764. The third-order valence-corrected chi connectivity index (χ3v) is 9.49. The summed E-state index contributed by atoms with van der Waals surface area (Å²) in [7, 11) is 8.93. The first-order valence-electron chi connectivity index (χ1n) is 14.0. The molecule has 1 saturated heterocycles. The molecule has 228 valence electrons. The van der Waals surface area contributed by atoms with Gasteiger partial charge in [-0.3, -0.25) is 0 Å². The van der Waals surface area contributed by atoms with Crippen LogP contribution in [0.15, 0.2) is 48.4 Å². The van der Waals surface area contributed by atoms with Crippen molar-refractivity contribution in [1.29, 1.82) is 0 Å². The highest BCUT2D eigenvalue weighted by Gasteiger charge is 2.54. The van der Waals surface area contributed by atoms with Crippen LogP contribution in [0.4, 0.5) is 5.69 Å².